The highest BCUT2D eigenvalue weighted by Gasteiger charge is 2.06. The van der Waals surface area contributed by atoms with Crippen molar-refractivity contribution in [2.75, 3.05) is 5.32 Å². The van der Waals surface area contributed by atoms with Crippen LogP contribution in [0.4, 0.5) is 5.69 Å². The molecule has 1 heterocycles. The summed E-state index contributed by atoms with van der Waals surface area (Å²) in [7, 11) is 0. The second kappa shape index (κ2) is 5.00. The van der Waals surface area contributed by atoms with E-state index in [2.05, 4.69) is 55.3 Å². The Hall–Kier alpha value is -1.83. The molecule has 0 amide bonds. The average Bonchev–Trinajstić information content (AvgIpc) is 2.33. The van der Waals surface area contributed by atoms with Crippen LogP contribution in [-0.2, 0) is 0 Å². The first kappa shape index (κ1) is 11.6. The number of nitrogens with one attached hydrogen (secondary N) is 1. The lowest BCUT2D eigenvalue weighted by molar-refractivity contribution is 0.879. The Morgan fingerprint density at radius 3 is 2.41 bits per heavy atom. The number of aromatic nitrogens is 1. The molecule has 0 aliphatic carbocycles. The molecular formula is C15H18N2. The number of nitrogens with zero attached hydrogens (tertiary/aromatic N) is 1. The summed E-state index contributed by atoms with van der Waals surface area (Å²) < 4.78 is 0. The van der Waals surface area contributed by atoms with Crippen molar-refractivity contribution < 1.29 is 0 Å². The maximum absolute atomic E-state index is 4.14. The number of rotatable bonds is 3. The van der Waals surface area contributed by atoms with E-state index in [0.29, 0.717) is 6.04 Å². The highest BCUT2D eigenvalue weighted by atomic mass is 14.9. The zero-order chi connectivity index (χ0) is 12.3. The number of pyridine rings is 1. The predicted molar refractivity (Wildman–Crippen MR) is 72.2 cm³/mol. The molecule has 1 aromatic heterocycles. The Morgan fingerprint density at radius 1 is 1.06 bits per heavy atom. The lowest BCUT2D eigenvalue weighted by atomic mass is 10.1. The number of hydrogen-bond donors (Lipinski definition) is 1. The number of benzene rings is 1. The van der Waals surface area contributed by atoms with E-state index < -0.39 is 0 Å². The lowest BCUT2D eigenvalue weighted by Crippen LogP contribution is -2.07. The van der Waals surface area contributed by atoms with Crippen molar-refractivity contribution in [3.8, 4) is 0 Å². The van der Waals surface area contributed by atoms with Gasteiger partial charge in [0.15, 0.2) is 0 Å². The lowest BCUT2D eigenvalue weighted by Gasteiger charge is -2.17. The molecule has 1 unspecified atom stereocenters. The van der Waals surface area contributed by atoms with Crippen LogP contribution in [0.25, 0.3) is 0 Å². The molecule has 0 aliphatic heterocycles. The normalized spacial score (nSPS) is 12.2. The standard InChI is InChI=1S/C15H18N2/c1-11-4-6-14(7-5-11)13(3)17-15-10-16-9-8-12(15)2/h4-10,13,17H,1-3H3. The van der Waals surface area contributed by atoms with Crippen LogP contribution in [0.3, 0.4) is 0 Å². The van der Waals surface area contributed by atoms with Crippen LogP contribution in [0.5, 0.6) is 0 Å². The molecule has 0 saturated carbocycles. The molecule has 1 N–H and O–H groups in total. The third-order valence-electron chi connectivity index (χ3n) is 2.99. The van der Waals surface area contributed by atoms with Crippen LogP contribution >= 0.6 is 0 Å². The minimum atomic E-state index is 0.290. The Bertz CT molecular complexity index is 489. The SMILES string of the molecule is Cc1ccc(C(C)Nc2cnccc2C)cc1. The van der Waals surface area contributed by atoms with Gasteiger partial charge in [-0.3, -0.25) is 4.98 Å². The Balaban J connectivity index is 2.14. The summed E-state index contributed by atoms with van der Waals surface area (Å²) in [5, 5.41) is 3.48. The highest BCUT2D eigenvalue weighted by Crippen LogP contribution is 2.21. The summed E-state index contributed by atoms with van der Waals surface area (Å²) in [6.07, 6.45) is 3.69. The highest BCUT2D eigenvalue weighted by molar-refractivity contribution is 5.49. The van der Waals surface area contributed by atoms with Gasteiger partial charge >= 0.3 is 0 Å². The summed E-state index contributed by atoms with van der Waals surface area (Å²) in [5.41, 5.74) is 4.90. The van der Waals surface area contributed by atoms with Crippen molar-refractivity contribution in [1.29, 1.82) is 0 Å². The van der Waals surface area contributed by atoms with Crippen LogP contribution < -0.4 is 5.32 Å². The second-order valence-corrected chi connectivity index (χ2v) is 4.47. The molecule has 0 fully saturated rings. The van der Waals surface area contributed by atoms with E-state index in [4.69, 9.17) is 0 Å². The van der Waals surface area contributed by atoms with Gasteiger partial charge in [-0.05, 0) is 38.0 Å². The Morgan fingerprint density at radius 2 is 1.76 bits per heavy atom. The first-order valence-corrected chi connectivity index (χ1v) is 5.90. The van der Waals surface area contributed by atoms with Gasteiger partial charge in [-0.1, -0.05) is 29.8 Å². The molecule has 2 nitrogen and oxygen atoms in total. The van der Waals surface area contributed by atoms with Gasteiger partial charge < -0.3 is 5.32 Å². The van der Waals surface area contributed by atoms with Crippen LogP contribution in [0.2, 0.25) is 0 Å². The predicted octanol–water partition coefficient (Wildman–Crippen LogP) is 3.87. The Labute approximate surface area is 103 Å². The summed E-state index contributed by atoms with van der Waals surface area (Å²) in [6, 6.07) is 10.9. The first-order valence-electron chi connectivity index (χ1n) is 5.90. The van der Waals surface area contributed by atoms with Crippen molar-refractivity contribution in [2.45, 2.75) is 26.8 Å². The van der Waals surface area contributed by atoms with Crippen molar-refractivity contribution in [3.05, 3.63) is 59.4 Å². The number of anilines is 1. The minimum absolute atomic E-state index is 0.290. The summed E-state index contributed by atoms with van der Waals surface area (Å²) in [4.78, 5) is 4.14. The van der Waals surface area contributed by atoms with Gasteiger partial charge in [-0.2, -0.15) is 0 Å². The minimum Gasteiger partial charge on any atom is -0.377 e. The number of aryl methyl sites for hydroxylation is 2. The molecule has 0 bridgehead atoms. The van der Waals surface area contributed by atoms with Crippen molar-refractivity contribution >= 4 is 5.69 Å². The van der Waals surface area contributed by atoms with Gasteiger partial charge in [0.25, 0.3) is 0 Å². The zero-order valence-electron chi connectivity index (χ0n) is 10.6. The molecule has 1 aromatic carbocycles. The van der Waals surface area contributed by atoms with Crippen LogP contribution in [-0.4, -0.2) is 4.98 Å². The fourth-order valence-electron chi connectivity index (χ4n) is 1.79. The van der Waals surface area contributed by atoms with E-state index in [1.165, 1.54) is 16.7 Å². The Kier molecular flexibility index (Phi) is 3.43. The average molecular weight is 226 g/mol. The summed E-state index contributed by atoms with van der Waals surface area (Å²) in [6.45, 7) is 6.36. The van der Waals surface area contributed by atoms with Gasteiger partial charge in [0.2, 0.25) is 0 Å². The van der Waals surface area contributed by atoms with Gasteiger partial charge in [-0.25, -0.2) is 0 Å². The summed E-state index contributed by atoms with van der Waals surface area (Å²) >= 11 is 0. The maximum atomic E-state index is 4.14. The van der Waals surface area contributed by atoms with Crippen molar-refractivity contribution in [3.63, 3.8) is 0 Å². The van der Waals surface area contributed by atoms with E-state index in [-0.39, 0.29) is 0 Å². The smallest absolute Gasteiger partial charge is 0.0561 e. The molecule has 17 heavy (non-hydrogen) atoms. The monoisotopic (exact) mass is 226 g/mol. The van der Waals surface area contributed by atoms with E-state index in [9.17, 15) is 0 Å². The molecular weight excluding hydrogens is 208 g/mol. The fourth-order valence-corrected chi connectivity index (χ4v) is 1.79. The fraction of sp³-hybridized carbons (Fsp3) is 0.267. The molecule has 0 saturated heterocycles. The molecule has 0 aliphatic rings. The molecule has 0 spiro atoms. The van der Waals surface area contributed by atoms with Gasteiger partial charge in [0.05, 0.1) is 11.9 Å². The van der Waals surface area contributed by atoms with E-state index in [0.717, 1.165) is 5.69 Å². The summed E-state index contributed by atoms with van der Waals surface area (Å²) in [5.74, 6) is 0. The molecule has 1 atom stereocenters. The molecule has 2 rings (SSSR count). The van der Waals surface area contributed by atoms with Crippen LogP contribution in [0.1, 0.15) is 29.7 Å². The largest absolute Gasteiger partial charge is 0.377 e. The van der Waals surface area contributed by atoms with Crippen molar-refractivity contribution in [2.24, 2.45) is 0 Å². The van der Waals surface area contributed by atoms with Crippen LogP contribution in [0, 0.1) is 13.8 Å². The molecule has 88 valence electrons. The quantitative estimate of drug-likeness (QED) is 0.859. The van der Waals surface area contributed by atoms with Crippen LogP contribution in [0.15, 0.2) is 42.7 Å². The van der Waals surface area contributed by atoms with Crippen molar-refractivity contribution in [1.82, 2.24) is 4.98 Å². The van der Waals surface area contributed by atoms with Gasteiger partial charge in [-0.15, -0.1) is 0 Å². The first-order chi connectivity index (χ1) is 8.16. The topological polar surface area (TPSA) is 24.9 Å². The number of hydrogen-bond acceptors (Lipinski definition) is 2. The molecule has 0 radical (unpaired) electrons. The third-order valence-corrected chi connectivity index (χ3v) is 2.99. The van der Waals surface area contributed by atoms with E-state index >= 15 is 0 Å². The molecule has 2 aromatic rings. The van der Waals surface area contributed by atoms with Gasteiger partial charge in [0.1, 0.15) is 0 Å². The van der Waals surface area contributed by atoms with E-state index in [1.54, 1.807) is 0 Å². The maximum Gasteiger partial charge on any atom is 0.0561 e. The van der Waals surface area contributed by atoms with E-state index in [1.807, 2.05) is 18.5 Å². The zero-order valence-corrected chi connectivity index (χ0v) is 10.6. The third kappa shape index (κ3) is 2.84. The van der Waals surface area contributed by atoms with Gasteiger partial charge in [0, 0.05) is 12.2 Å². The molecule has 2 heteroatoms. The second-order valence-electron chi connectivity index (χ2n) is 4.47.